The van der Waals surface area contributed by atoms with Gasteiger partial charge in [-0.25, -0.2) is 4.98 Å². The number of pyridine rings is 1. The maximum Gasteiger partial charge on any atom is 0.146 e. The molecule has 0 fully saturated rings. The van der Waals surface area contributed by atoms with Crippen LogP contribution in [0.2, 0.25) is 0 Å². The summed E-state index contributed by atoms with van der Waals surface area (Å²) in [6.45, 7) is 0. The number of thiophene rings is 2. The van der Waals surface area contributed by atoms with Crippen molar-refractivity contribution < 1.29 is 0 Å². The Bertz CT molecular complexity index is 7680. The Morgan fingerprint density at radius 3 is 1.10 bits per heavy atom. The van der Waals surface area contributed by atoms with Gasteiger partial charge in [0.05, 0.1) is 16.6 Å². The molecule has 0 saturated carbocycles. The summed E-state index contributed by atoms with van der Waals surface area (Å²) in [4.78, 5) is 5.28. The molecule has 19 aromatic carbocycles. The molecule has 103 heavy (non-hydrogen) atoms. The Morgan fingerprint density at radius 1 is 0.194 bits per heavy atom. The summed E-state index contributed by atoms with van der Waals surface area (Å²) < 4.78 is 7.63. The minimum Gasteiger partial charge on any atom is -0.292 e. The van der Waals surface area contributed by atoms with E-state index < -0.39 is 0 Å². The van der Waals surface area contributed by atoms with Gasteiger partial charge in [0.15, 0.2) is 0 Å². The van der Waals surface area contributed by atoms with Crippen LogP contribution in [0.3, 0.4) is 0 Å². The fraction of sp³-hybridized carbons (Fsp3) is 0. The normalized spacial score (nSPS) is 12.3. The summed E-state index contributed by atoms with van der Waals surface area (Å²) in [5, 5.41) is 28.9. The zero-order valence-corrected chi connectivity index (χ0v) is 57.2. The van der Waals surface area contributed by atoms with Crippen molar-refractivity contribution in [2.75, 3.05) is 0 Å². The van der Waals surface area contributed by atoms with Gasteiger partial charge in [-0.3, -0.25) is 4.40 Å². The summed E-state index contributed by atoms with van der Waals surface area (Å²) >= 11 is 3.84. The second-order valence-corrected chi connectivity index (χ2v) is 29.9. The molecule has 0 N–H and O–H groups in total. The zero-order valence-electron chi connectivity index (χ0n) is 55.5. The van der Waals surface area contributed by atoms with Crippen molar-refractivity contribution in [3.63, 3.8) is 0 Å². The molecule has 474 valence electrons. The van der Waals surface area contributed by atoms with E-state index in [-0.39, 0.29) is 0 Å². The van der Waals surface area contributed by atoms with Crippen LogP contribution >= 0.6 is 22.7 Å². The highest BCUT2D eigenvalue weighted by molar-refractivity contribution is 7.27. The van der Waals surface area contributed by atoms with Crippen LogP contribution in [0.25, 0.3) is 232 Å². The topological polar surface area (TPSA) is 17.3 Å². The molecule has 0 radical (unpaired) electrons. The van der Waals surface area contributed by atoms with E-state index in [1.54, 1.807) is 0 Å². The number of fused-ring (bicyclic) bond motifs is 28. The third-order valence-corrected chi connectivity index (χ3v) is 24.8. The van der Waals surface area contributed by atoms with Gasteiger partial charge in [0, 0.05) is 61.9 Å². The first-order valence-electron chi connectivity index (χ1n) is 35.5. The molecule has 23 rings (SSSR count). The van der Waals surface area contributed by atoms with Crippen LogP contribution in [-0.2, 0) is 0 Å². The van der Waals surface area contributed by atoms with Crippen molar-refractivity contribution in [1.29, 1.82) is 0 Å². The molecular weight excluding hydrogens is 1280 g/mol. The third kappa shape index (κ3) is 8.27. The second-order valence-electron chi connectivity index (χ2n) is 27.8. The Labute approximate surface area is 599 Å². The van der Waals surface area contributed by atoms with Crippen LogP contribution in [0, 0.1) is 0 Å². The summed E-state index contributed by atoms with van der Waals surface area (Å²) in [5.41, 5.74) is 18.6. The first-order valence-corrected chi connectivity index (χ1v) is 37.1. The van der Waals surface area contributed by atoms with Gasteiger partial charge in [-0.2, -0.15) is 0 Å². The molecular formula is C99H56N2S2. The summed E-state index contributed by atoms with van der Waals surface area (Å²) in [5.74, 6) is 0. The molecule has 0 aliphatic rings. The number of hydrogen-bond acceptors (Lipinski definition) is 3. The minimum atomic E-state index is 0.974. The van der Waals surface area contributed by atoms with Crippen LogP contribution in [0.15, 0.2) is 340 Å². The number of nitrogens with zero attached hydrogens (tertiary/aromatic N) is 2. The third-order valence-electron chi connectivity index (χ3n) is 22.5. The Kier molecular flexibility index (Phi) is 12.1. The molecule has 0 bridgehead atoms. The molecule has 23 aromatic rings. The summed E-state index contributed by atoms with van der Waals surface area (Å²) in [7, 11) is 0. The molecule has 0 aliphatic heterocycles. The highest BCUT2D eigenvalue weighted by Crippen LogP contribution is 2.52. The zero-order chi connectivity index (χ0) is 67.1. The van der Waals surface area contributed by atoms with Gasteiger partial charge in [0.25, 0.3) is 0 Å². The van der Waals surface area contributed by atoms with Crippen molar-refractivity contribution >= 4 is 188 Å². The minimum absolute atomic E-state index is 0.974. The van der Waals surface area contributed by atoms with Crippen LogP contribution in [0.4, 0.5) is 0 Å². The maximum absolute atomic E-state index is 5.28. The molecule has 0 unspecified atom stereocenters. The van der Waals surface area contributed by atoms with E-state index in [1.807, 2.05) is 22.7 Å². The lowest BCUT2D eigenvalue weighted by molar-refractivity contribution is 1.31. The monoisotopic (exact) mass is 1340 g/mol. The molecule has 0 saturated heterocycles. The fourth-order valence-electron chi connectivity index (χ4n) is 18.0. The molecule has 0 atom stereocenters. The van der Waals surface area contributed by atoms with E-state index in [1.165, 1.54) is 187 Å². The number of aromatic nitrogens is 2. The first kappa shape index (κ1) is 57.0. The van der Waals surface area contributed by atoms with E-state index in [0.717, 1.165) is 44.3 Å². The van der Waals surface area contributed by atoms with Crippen molar-refractivity contribution in [2.45, 2.75) is 0 Å². The summed E-state index contributed by atoms with van der Waals surface area (Å²) in [6, 6.07) is 128. The lowest BCUT2D eigenvalue weighted by Crippen LogP contribution is -1.94. The van der Waals surface area contributed by atoms with E-state index in [4.69, 9.17) is 4.98 Å². The number of benzene rings is 19. The van der Waals surface area contributed by atoms with Gasteiger partial charge >= 0.3 is 0 Å². The van der Waals surface area contributed by atoms with E-state index in [2.05, 4.69) is 344 Å². The number of para-hydroxylation sites is 2. The number of rotatable bonds is 6. The molecule has 0 spiro atoms. The average Bonchev–Trinajstić information content (AvgIpc) is 1.27. The van der Waals surface area contributed by atoms with Gasteiger partial charge in [-0.05, 0) is 202 Å². The Morgan fingerprint density at radius 2 is 0.534 bits per heavy atom. The molecule has 4 heterocycles. The van der Waals surface area contributed by atoms with Crippen LogP contribution in [0.1, 0.15) is 0 Å². The van der Waals surface area contributed by atoms with Crippen molar-refractivity contribution in [3.8, 4) is 66.8 Å². The lowest BCUT2D eigenvalue weighted by atomic mass is 9.83. The predicted octanol–water partition coefficient (Wildman–Crippen LogP) is 28.8. The van der Waals surface area contributed by atoms with Gasteiger partial charge in [-0.15, -0.1) is 22.7 Å². The lowest BCUT2D eigenvalue weighted by Gasteiger charge is -2.20. The average molecular weight is 1340 g/mol. The standard InChI is InChI=1S/C99H56N2S2/c1-2-21-57(22-3-1)91-72-32-11-13-34-74(72)93(62-24-20-23-58(51-62)61-43-48-81-89(55-61)102-97-78-36-15-6-27-67(78)65-25-4-9-30-70(65)95(81)97)84-52-59(41-46-76(84)91)60-42-47-77-85(53-60)94(63-45-50-87-83(54-63)69-29-8-17-38-80(69)99-100-86-39-18-19-40-88(86)101(87)99)75-35-14-12-33-73(75)92(77)64-44-49-82-90(56-64)103-98-79-37-16-7-28-68(79)66-26-5-10-31-71(66)96(82)98/h1-56H. The maximum atomic E-state index is 5.28. The number of imidazole rings is 1. The van der Waals surface area contributed by atoms with Crippen molar-refractivity contribution in [2.24, 2.45) is 0 Å². The second kappa shape index (κ2) is 21.8. The van der Waals surface area contributed by atoms with Gasteiger partial charge in [0.2, 0.25) is 0 Å². The molecule has 0 aliphatic carbocycles. The number of hydrogen-bond donors (Lipinski definition) is 0. The fourth-order valence-corrected chi connectivity index (χ4v) is 20.6. The van der Waals surface area contributed by atoms with Crippen LogP contribution in [-0.4, -0.2) is 9.38 Å². The largest absolute Gasteiger partial charge is 0.292 e. The van der Waals surface area contributed by atoms with E-state index >= 15 is 0 Å². The van der Waals surface area contributed by atoms with Crippen molar-refractivity contribution in [1.82, 2.24) is 9.38 Å². The highest BCUT2D eigenvalue weighted by atomic mass is 32.1. The SMILES string of the molecule is c1ccc(-c2c3ccccc3c(-c3cccc(-c4ccc5c(c4)sc4c6ccccc6c6ccccc6c54)c3)c3cc(-c4ccc5c(-c6ccc7c(c6)sc6c8ccccc8c8ccccc8c76)c6ccccc6c(-c6ccc7c(c6)c6ccccc6c6nc8ccccc8n76)c5c4)ccc23)cc1. The van der Waals surface area contributed by atoms with Gasteiger partial charge in [0.1, 0.15) is 5.65 Å². The smallest absolute Gasteiger partial charge is 0.146 e. The summed E-state index contributed by atoms with van der Waals surface area (Å²) in [6.07, 6.45) is 0. The molecule has 4 heteroatoms. The first-order chi connectivity index (χ1) is 51.1. The molecule has 4 aromatic heterocycles. The van der Waals surface area contributed by atoms with E-state index in [9.17, 15) is 0 Å². The van der Waals surface area contributed by atoms with E-state index in [0.29, 0.717) is 0 Å². The van der Waals surface area contributed by atoms with Gasteiger partial charge < -0.3 is 0 Å². The predicted molar refractivity (Wildman–Crippen MR) is 446 cm³/mol. The van der Waals surface area contributed by atoms with Gasteiger partial charge in [-0.1, -0.05) is 285 Å². The Hall–Kier alpha value is -12.8. The molecule has 2 nitrogen and oxygen atoms in total. The quantitative estimate of drug-likeness (QED) is 0.120. The highest BCUT2D eigenvalue weighted by Gasteiger charge is 2.25. The Balaban J connectivity index is 0.765. The van der Waals surface area contributed by atoms with Crippen molar-refractivity contribution in [3.05, 3.63) is 340 Å². The molecule has 0 amide bonds. The van der Waals surface area contributed by atoms with Crippen LogP contribution < -0.4 is 0 Å². The van der Waals surface area contributed by atoms with Crippen LogP contribution in [0.5, 0.6) is 0 Å².